The number of benzene rings is 2. The number of imidazole rings is 1. The molecule has 0 aliphatic carbocycles. The van der Waals surface area contributed by atoms with Crippen molar-refractivity contribution in [3.63, 3.8) is 0 Å². The highest BCUT2D eigenvalue weighted by atomic mass is 16.5. The molecular formula is C26H23N5O2. The Balaban J connectivity index is 1.43. The topological polar surface area (TPSA) is 73.5 Å². The number of ether oxygens (including phenoxy) is 1. The molecule has 0 saturated heterocycles. The van der Waals surface area contributed by atoms with E-state index in [9.17, 15) is 4.79 Å². The first-order valence-corrected chi connectivity index (χ1v) is 10.7. The highest BCUT2D eigenvalue weighted by Crippen LogP contribution is 2.26. The fourth-order valence-electron chi connectivity index (χ4n) is 3.76. The van der Waals surface area contributed by atoms with E-state index in [0.717, 1.165) is 22.5 Å². The lowest BCUT2D eigenvalue weighted by Crippen LogP contribution is -2.23. The molecule has 33 heavy (non-hydrogen) atoms. The molecule has 7 heteroatoms. The second-order valence-corrected chi connectivity index (χ2v) is 7.69. The van der Waals surface area contributed by atoms with Gasteiger partial charge in [-0.05, 0) is 29.8 Å². The van der Waals surface area contributed by atoms with Crippen LogP contribution in [0.15, 0.2) is 91.4 Å². The highest BCUT2D eigenvalue weighted by molar-refractivity contribution is 5.99. The molecule has 0 radical (unpaired) electrons. The summed E-state index contributed by atoms with van der Waals surface area (Å²) in [6.45, 7) is 0.888. The van der Waals surface area contributed by atoms with Crippen LogP contribution in [-0.2, 0) is 13.1 Å². The lowest BCUT2D eigenvalue weighted by atomic mass is 10.1. The van der Waals surface area contributed by atoms with Crippen LogP contribution >= 0.6 is 0 Å². The van der Waals surface area contributed by atoms with Gasteiger partial charge in [0.2, 0.25) is 0 Å². The van der Waals surface area contributed by atoms with Gasteiger partial charge in [-0.1, -0.05) is 48.5 Å². The van der Waals surface area contributed by atoms with Crippen LogP contribution < -0.4 is 10.1 Å². The number of pyridine rings is 1. The predicted molar refractivity (Wildman–Crippen MR) is 126 cm³/mol. The summed E-state index contributed by atoms with van der Waals surface area (Å²) in [6, 6.07) is 23.4. The number of carbonyl (C=O) groups excluding carboxylic acids is 1. The molecule has 0 bridgehead atoms. The molecule has 164 valence electrons. The number of aromatic nitrogens is 4. The minimum atomic E-state index is -0.204. The van der Waals surface area contributed by atoms with Gasteiger partial charge in [0.05, 0.1) is 31.5 Å². The number of fused-ring (bicyclic) bond motifs is 1. The van der Waals surface area contributed by atoms with E-state index in [2.05, 4.69) is 10.3 Å². The monoisotopic (exact) mass is 437 g/mol. The number of hydrogen-bond donors (Lipinski definition) is 1. The summed E-state index contributed by atoms with van der Waals surface area (Å²) in [5.41, 5.74) is 4.66. The second-order valence-electron chi connectivity index (χ2n) is 7.69. The number of methoxy groups -OCH3 is 1. The highest BCUT2D eigenvalue weighted by Gasteiger charge is 2.19. The van der Waals surface area contributed by atoms with Crippen molar-refractivity contribution in [2.45, 2.75) is 13.1 Å². The van der Waals surface area contributed by atoms with E-state index in [1.807, 2.05) is 89.6 Å². The van der Waals surface area contributed by atoms with Crippen LogP contribution in [0, 0.1) is 0 Å². The van der Waals surface area contributed by atoms with Crippen LogP contribution in [-0.4, -0.2) is 32.2 Å². The van der Waals surface area contributed by atoms with Crippen molar-refractivity contribution >= 4 is 11.6 Å². The summed E-state index contributed by atoms with van der Waals surface area (Å²) < 4.78 is 9.09. The van der Waals surface area contributed by atoms with Crippen molar-refractivity contribution in [2.75, 3.05) is 7.11 Å². The molecule has 0 atom stereocenters. The molecule has 0 aliphatic rings. The zero-order valence-electron chi connectivity index (χ0n) is 18.2. The fourth-order valence-corrected chi connectivity index (χ4v) is 3.76. The van der Waals surface area contributed by atoms with E-state index in [1.54, 1.807) is 18.0 Å². The van der Waals surface area contributed by atoms with Crippen LogP contribution in [0.5, 0.6) is 5.75 Å². The number of hydrogen-bond acceptors (Lipinski definition) is 4. The number of rotatable bonds is 7. The molecule has 0 saturated carbocycles. The van der Waals surface area contributed by atoms with Gasteiger partial charge in [-0.3, -0.25) is 9.48 Å². The van der Waals surface area contributed by atoms with Crippen LogP contribution in [0.25, 0.3) is 16.9 Å². The molecule has 1 N–H and O–H groups in total. The largest absolute Gasteiger partial charge is 0.497 e. The Labute approximate surface area is 191 Å². The van der Waals surface area contributed by atoms with Gasteiger partial charge in [0.15, 0.2) is 0 Å². The van der Waals surface area contributed by atoms with Gasteiger partial charge in [-0.25, -0.2) is 4.98 Å². The quantitative estimate of drug-likeness (QED) is 0.415. The molecular weight excluding hydrogens is 414 g/mol. The van der Waals surface area contributed by atoms with Gasteiger partial charge in [-0.2, -0.15) is 5.10 Å². The van der Waals surface area contributed by atoms with E-state index in [-0.39, 0.29) is 5.91 Å². The Kier molecular flexibility index (Phi) is 5.59. The standard InChI is InChI=1S/C26H23N5O2/c1-33-22-11-7-10-20(14-22)25-23(18-31(29-25)16-19-8-3-2-4-9-19)26(32)27-15-21-17-30-13-6-5-12-24(30)28-21/h2-14,17-18H,15-16H2,1H3,(H,27,32). The Bertz CT molecular complexity index is 1370. The summed E-state index contributed by atoms with van der Waals surface area (Å²) in [5, 5.41) is 7.74. The van der Waals surface area contributed by atoms with Gasteiger partial charge >= 0.3 is 0 Å². The predicted octanol–water partition coefficient (Wildman–Crippen LogP) is 4.18. The first-order chi connectivity index (χ1) is 16.2. The third-order valence-electron chi connectivity index (χ3n) is 5.38. The number of amides is 1. The molecule has 3 aromatic heterocycles. The van der Waals surface area contributed by atoms with E-state index >= 15 is 0 Å². The third-order valence-corrected chi connectivity index (χ3v) is 5.38. The second kappa shape index (κ2) is 9.00. The van der Waals surface area contributed by atoms with Gasteiger partial charge in [0, 0.05) is 24.2 Å². The van der Waals surface area contributed by atoms with Crippen molar-refractivity contribution in [2.24, 2.45) is 0 Å². The number of nitrogens with one attached hydrogen (secondary N) is 1. The minimum absolute atomic E-state index is 0.204. The smallest absolute Gasteiger partial charge is 0.255 e. The maximum Gasteiger partial charge on any atom is 0.255 e. The summed E-state index contributed by atoms with van der Waals surface area (Å²) >= 11 is 0. The van der Waals surface area contributed by atoms with Crippen molar-refractivity contribution in [1.29, 1.82) is 0 Å². The summed E-state index contributed by atoms with van der Waals surface area (Å²) in [4.78, 5) is 17.8. The molecule has 5 aromatic rings. The molecule has 5 rings (SSSR count). The SMILES string of the molecule is COc1cccc(-c2nn(Cc3ccccc3)cc2C(=O)NCc2cn3ccccc3n2)c1. The summed E-state index contributed by atoms with van der Waals surface area (Å²) in [6.07, 6.45) is 5.64. The summed E-state index contributed by atoms with van der Waals surface area (Å²) in [5.74, 6) is 0.505. The molecule has 2 aromatic carbocycles. The van der Waals surface area contributed by atoms with Gasteiger partial charge < -0.3 is 14.5 Å². The third kappa shape index (κ3) is 4.48. The zero-order chi connectivity index (χ0) is 22.6. The Morgan fingerprint density at radius 2 is 1.85 bits per heavy atom. The average molecular weight is 438 g/mol. The first kappa shape index (κ1) is 20.5. The minimum Gasteiger partial charge on any atom is -0.497 e. The van der Waals surface area contributed by atoms with Gasteiger partial charge in [0.1, 0.15) is 17.1 Å². The number of carbonyl (C=O) groups is 1. The van der Waals surface area contributed by atoms with E-state index in [4.69, 9.17) is 9.84 Å². The van der Waals surface area contributed by atoms with Gasteiger partial charge in [-0.15, -0.1) is 0 Å². The zero-order valence-corrected chi connectivity index (χ0v) is 18.2. The normalized spacial score (nSPS) is 10.9. The molecule has 0 fully saturated rings. The molecule has 3 heterocycles. The molecule has 0 spiro atoms. The van der Waals surface area contributed by atoms with Crippen molar-refractivity contribution in [1.82, 2.24) is 24.5 Å². The van der Waals surface area contributed by atoms with Crippen LogP contribution in [0.1, 0.15) is 21.6 Å². The Morgan fingerprint density at radius 1 is 1.00 bits per heavy atom. The van der Waals surface area contributed by atoms with Crippen LogP contribution in [0.2, 0.25) is 0 Å². The average Bonchev–Trinajstić information content (AvgIpc) is 3.47. The summed E-state index contributed by atoms with van der Waals surface area (Å²) in [7, 11) is 1.62. The molecule has 1 amide bonds. The lowest BCUT2D eigenvalue weighted by molar-refractivity contribution is 0.0951. The van der Waals surface area contributed by atoms with Crippen molar-refractivity contribution in [3.05, 3.63) is 108 Å². The fraction of sp³-hybridized carbons (Fsp3) is 0.115. The van der Waals surface area contributed by atoms with Crippen LogP contribution in [0.3, 0.4) is 0 Å². The lowest BCUT2D eigenvalue weighted by Gasteiger charge is -2.05. The molecule has 7 nitrogen and oxygen atoms in total. The van der Waals surface area contributed by atoms with Gasteiger partial charge in [0.25, 0.3) is 5.91 Å². The molecule has 0 unspecified atom stereocenters. The maximum absolute atomic E-state index is 13.2. The van der Waals surface area contributed by atoms with E-state index in [0.29, 0.717) is 30.1 Å². The van der Waals surface area contributed by atoms with E-state index in [1.165, 1.54) is 0 Å². The molecule has 0 aliphatic heterocycles. The van der Waals surface area contributed by atoms with Crippen molar-refractivity contribution in [3.8, 4) is 17.0 Å². The Morgan fingerprint density at radius 3 is 2.67 bits per heavy atom. The van der Waals surface area contributed by atoms with E-state index < -0.39 is 0 Å². The number of nitrogens with zero attached hydrogens (tertiary/aromatic N) is 4. The first-order valence-electron chi connectivity index (χ1n) is 10.7. The maximum atomic E-state index is 13.2. The van der Waals surface area contributed by atoms with Crippen molar-refractivity contribution < 1.29 is 9.53 Å². The van der Waals surface area contributed by atoms with Crippen LogP contribution in [0.4, 0.5) is 0 Å². The Hall–Kier alpha value is -4.39.